The van der Waals surface area contributed by atoms with Gasteiger partial charge in [0.25, 0.3) is 0 Å². The van der Waals surface area contributed by atoms with Crippen molar-refractivity contribution in [3.8, 4) is 28.7 Å². The van der Waals surface area contributed by atoms with Crippen molar-refractivity contribution in [1.82, 2.24) is 0 Å². The number of carboxylic acids is 1. The zero-order valence-corrected chi connectivity index (χ0v) is 22.0. The molecule has 1 aliphatic carbocycles. The molecule has 1 aliphatic heterocycles. The third kappa shape index (κ3) is 5.73. The molecule has 3 aromatic carbocycles. The predicted octanol–water partition coefficient (Wildman–Crippen LogP) is 4.09. The van der Waals surface area contributed by atoms with Crippen molar-refractivity contribution in [2.45, 2.75) is 25.2 Å². The Morgan fingerprint density at radius 2 is 1.62 bits per heavy atom. The molecule has 0 aromatic heterocycles. The number of carbonyl (C=O) groups is 2. The number of aliphatic carboxylic acids is 1. The quantitative estimate of drug-likeness (QED) is 0.291. The molecule has 0 saturated carbocycles. The van der Waals surface area contributed by atoms with E-state index in [2.05, 4.69) is 0 Å². The van der Waals surface area contributed by atoms with Crippen molar-refractivity contribution in [2.24, 2.45) is 5.92 Å². The van der Waals surface area contributed by atoms with Crippen LogP contribution in [-0.2, 0) is 14.3 Å². The molecule has 0 spiro atoms. The maximum atomic E-state index is 13.0. The van der Waals surface area contributed by atoms with Crippen molar-refractivity contribution >= 4 is 41.5 Å². The molecule has 40 heavy (non-hydrogen) atoms. The molecule has 1 heterocycles. The van der Waals surface area contributed by atoms with Crippen molar-refractivity contribution < 1.29 is 43.1 Å². The van der Waals surface area contributed by atoms with Gasteiger partial charge in [-0.2, -0.15) is 0 Å². The Morgan fingerprint density at radius 3 is 2.35 bits per heavy atom. The number of carboxylic acid groups (broad SMARTS) is 1. The van der Waals surface area contributed by atoms with Gasteiger partial charge < -0.3 is 33.5 Å². The average molecular weight is 559 g/mol. The second-order valence-corrected chi connectivity index (χ2v) is 9.34. The van der Waals surface area contributed by atoms with Crippen LogP contribution in [0, 0.1) is 5.92 Å². The Labute approximate surface area is 254 Å². The minimum absolute atomic E-state index is 0. The number of hydrogen-bond acceptors (Lipinski definition) is 8. The second kappa shape index (κ2) is 12.8. The molecule has 5 rings (SSSR count). The number of carbonyl (C=O) groups excluding carboxylic acids is 1. The minimum atomic E-state index is -0.968. The number of rotatable bonds is 10. The van der Waals surface area contributed by atoms with Crippen LogP contribution < -0.4 is 23.7 Å². The van der Waals surface area contributed by atoms with E-state index < -0.39 is 29.7 Å². The van der Waals surface area contributed by atoms with Gasteiger partial charge in [0.1, 0.15) is 17.2 Å². The SMILES string of the molecule is CCCOc1ccc2c(c1)[C@@H](c1ccc(OC)cc1OCC(=O)OC)[C@H](C(=O)O)[C@H]2c1ccc2c(c1)OCO2.[NaH]. The Bertz CT molecular complexity index is 1390. The first kappa shape index (κ1) is 29.6. The van der Waals surface area contributed by atoms with Gasteiger partial charge in [-0.05, 0) is 53.4 Å². The van der Waals surface area contributed by atoms with Crippen LogP contribution >= 0.6 is 0 Å². The third-order valence-electron chi connectivity index (χ3n) is 7.09. The normalized spacial score (nSPS) is 18.3. The van der Waals surface area contributed by atoms with E-state index in [0.717, 1.165) is 23.1 Å². The summed E-state index contributed by atoms with van der Waals surface area (Å²) in [6, 6.07) is 16.4. The van der Waals surface area contributed by atoms with E-state index in [4.69, 9.17) is 28.4 Å². The van der Waals surface area contributed by atoms with Crippen LogP contribution in [0.2, 0.25) is 0 Å². The second-order valence-electron chi connectivity index (χ2n) is 9.34. The molecule has 10 heteroatoms. The Balaban J connectivity index is 0.00000370. The Hall–Kier alpha value is -3.40. The van der Waals surface area contributed by atoms with Crippen LogP contribution in [0.1, 0.15) is 47.4 Å². The number of benzene rings is 3. The van der Waals surface area contributed by atoms with E-state index in [1.54, 1.807) is 24.3 Å². The molecule has 0 bridgehead atoms. The van der Waals surface area contributed by atoms with Crippen LogP contribution in [0.4, 0.5) is 0 Å². The topological polar surface area (TPSA) is 110 Å². The van der Waals surface area contributed by atoms with Gasteiger partial charge in [0, 0.05) is 23.5 Å². The molecular weight excluding hydrogens is 527 g/mol. The van der Waals surface area contributed by atoms with E-state index in [1.807, 2.05) is 37.3 Å². The number of esters is 1. The molecule has 3 aromatic rings. The van der Waals surface area contributed by atoms with Gasteiger partial charge in [-0.25, -0.2) is 4.79 Å². The van der Waals surface area contributed by atoms with E-state index in [9.17, 15) is 14.7 Å². The average Bonchev–Trinajstić information content (AvgIpc) is 3.56. The molecule has 0 saturated heterocycles. The van der Waals surface area contributed by atoms with Gasteiger partial charge in [-0.3, -0.25) is 4.79 Å². The monoisotopic (exact) mass is 558 g/mol. The molecule has 0 radical (unpaired) electrons. The summed E-state index contributed by atoms with van der Waals surface area (Å²) >= 11 is 0. The molecule has 206 valence electrons. The fourth-order valence-corrected chi connectivity index (χ4v) is 5.35. The van der Waals surface area contributed by atoms with Crippen LogP contribution in [0.5, 0.6) is 28.7 Å². The number of ether oxygens (including phenoxy) is 6. The van der Waals surface area contributed by atoms with Crippen molar-refractivity contribution in [1.29, 1.82) is 0 Å². The first-order valence-corrected chi connectivity index (χ1v) is 12.7. The molecule has 0 fully saturated rings. The summed E-state index contributed by atoms with van der Waals surface area (Å²) in [5, 5.41) is 10.7. The number of fused-ring (bicyclic) bond motifs is 2. The van der Waals surface area contributed by atoms with Crippen molar-refractivity contribution in [3.63, 3.8) is 0 Å². The summed E-state index contributed by atoms with van der Waals surface area (Å²) in [6.07, 6.45) is 0.835. The first-order valence-electron chi connectivity index (χ1n) is 12.7. The van der Waals surface area contributed by atoms with Gasteiger partial charge in [0.15, 0.2) is 18.1 Å². The van der Waals surface area contributed by atoms with Crippen LogP contribution in [0.25, 0.3) is 0 Å². The fourth-order valence-electron chi connectivity index (χ4n) is 5.35. The zero-order chi connectivity index (χ0) is 27.5. The standard InChI is InChI=1S/C30H30O9.Na.H/c1-4-11-36-19-7-8-20-22(13-19)28(21-9-6-18(34-2)14-24(21)37-15-26(31)35-3)29(30(32)33)27(20)17-5-10-23-25(12-17)39-16-38-23;;/h5-10,12-14,27-29H,4,11,15-16H2,1-3H3,(H,32,33);;/t27-,28+,29+;;/m0../s1. The fraction of sp³-hybridized carbons (Fsp3) is 0.333. The Kier molecular flexibility index (Phi) is 9.50. The third-order valence-corrected chi connectivity index (χ3v) is 7.09. The molecule has 0 unspecified atom stereocenters. The van der Waals surface area contributed by atoms with Gasteiger partial charge in [0.2, 0.25) is 6.79 Å². The van der Waals surface area contributed by atoms with Gasteiger partial charge in [-0.1, -0.05) is 25.1 Å². The van der Waals surface area contributed by atoms with E-state index in [1.165, 1.54) is 14.2 Å². The summed E-state index contributed by atoms with van der Waals surface area (Å²) in [5.41, 5.74) is 3.09. The summed E-state index contributed by atoms with van der Waals surface area (Å²) in [4.78, 5) is 25.0. The summed E-state index contributed by atoms with van der Waals surface area (Å²) in [7, 11) is 2.80. The van der Waals surface area contributed by atoms with Crippen molar-refractivity contribution in [3.05, 3.63) is 76.9 Å². The molecular formula is C30H31NaO9. The van der Waals surface area contributed by atoms with Crippen LogP contribution in [0.15, 0.2) is 54.6 Å². The van der Waals surface area contributed by atoms with E-state index >= 15 is 0 Å². The molecule has 2 aliphatic rings. The first-order chi connectivity index (χ1) is 18.9. The van der Waals surface area contributed by atoms with Gasteiger partial charge in [-0.15, -0.1) is 0 Å². The van der Waals surface area contributed by atoms with E-state index in [0.29, 0.717) is 40.9 Å². The van der Waals surface area contributed by atoms with Crippen LogP contribution in [-0.4, -0.2) is 80.8 Å². The molecule has 9 nitrogen and oxygen atoms in total. The zero-order valence-electron chi connectivity index (χ0n) is 22.0. The van der Waals surface area contributed by atoms with Gasteiger partial charge in [0.05, 0.1) is 26.7 Å². The summed E-state index contributed by atoms with van der Waals surface area (Å²) in [6.45, 7) is 2.34. The predicted molar refractivity (Wildman–Crippen MR) is 147 cm³/mol. The van der Waals surface area contributed by atoms with Gasteiger partial charge >= 0.3 is 41.5 Å². The molecule has 1 N–H and O–H groups in total. The molecule has 0 amide bonds. The summed E-state index contributed by atoms with van der Waals surface area (Å²) in [5.74, 6) is -0.817. The Morgan fingerprint density at radius 1 is 0.875 bits per heavy atom. The summed E-state index contributed by atoms with van der Waals surface area (Å²) < 4.78 is 33.0. The van der Waals surface area contributed by atoms with Crippen LogP contribution in [0.3, 0.4) is 0 Å². The van der Waals surface area contributed by atoms with Crippen molar-refractivity contribution in [2.75, 3.05) is 34.2 Å². The maximum absolute atomic E-state index is 13.0. The van der Waals surface area contributed by atoms with E-state index in [-0.39, 0.29) is 43.0 Å². The number of methoxy groups -OCH3 is 2. The molecule has 3 atom stereocenters. The number of hydrogen-bond donors (Lipinski definition) is 1.